The van der Waals surface area contributed by atoms with Crippen molar-refractivity contribution in [2.75, 3.05) is 31.4 Å². The quantitative estimate of drug-likeness (QED) is 0.712. The van der Waals surface area contributed by atoms with Crippen molar-refractivity contribution >= 4 is 11.6 Å². The Balaban J connectivity index is 1.41. The molecule has 0 bridgehead atoms. The highest BCUT2D eigenvalue weighted by Crippen LogP contribution is 2.33. The average Bonchev–Trinajstić information content (AvgIpc) is 3.40. The van der Waals surface area contributed by atoms with E-state index in [4.69, 9.17) is 14.2 Å². The van der Waals surface area contributed by atoms with Crippen molar-refractivity contribution in [3.8, 4) is 17.2 Å². The monoisotopic (exact) mass is 396 g/mol. The lowest BCUT2D eigenvalue weighted by Crippen LogP contribution is -2.40. The number of amides is 1. The number of nitrogens with zero attached hydrogens (tertiary/aromatic N) is 2. The van der Waals surface area contributed by atoms with E-state index in [1.54, 1.807) is 6.92 Å². The molecule has 1 amide bonds. The van der Waals surface area contributed by atoms with Crippen LogP contribution in [0.1, 0.15) is 32.3 Å². The van der Waals surface area contributed by atoms with Gasteiger partial charge >= 0.3 is 0 Å². The van der Waals surface area contributed by atoms with Gasteiger partial charge in [0.1, 0.15) is 5.75 Å². The van der Waals surface area contributed by atoms with Gasteiger partial charge in [-0.05, 0) is 54.8 Å². The summed E-state index contributed by atoms with van der Waals surface area (Å²) in [5, 5.41) is 0. The van der Waals surface area contributed by atoms with Crippen molar-refractivity contribution in [3.05, 3.63) is 48.0 Å². The molecule has 0 aromatic heterocycles. The third-order valence-electron chi connectivity index (χ3n) is 5.47. The third-order valence-corrected chi connectivity index (χ3v) is 5.47. The van der Waals surface area contributed by atoms with Gasteiger partial charge in [0, 0.05) is 32.2 Å². The molecular formula is C23H28N2O4. The van der Waals surface area contributed by atoms with Crippen molar-refractivity contribution in [2.24, 2.45) is 0 Å². The van der Waals surface area contributed by atoms with E-state index < -0.39 is 0 Å². The molecule has 29 heavy (non-hydrogen) atoms. The van der Waals surface area contributed by atoms with E-state index in [9.17, 15) is 4.79 Å². The first kappa shape index (κ1) is 19.4. The lowest BCUT2D eigenvalue weighted by Gasteiger charge is -2.28. The molecule has 0 unspecified atom stereocenters. The lowest BCUT2D eigenvalue weighted by molar-refractivity contribution is -0.131. The van der Waals surface area contributed by atoms with Gasteiger partial charge in [-0.25, -0.2) is 0 Å². The molecule has 2 aromatic rings. The van der Waals surface area contributed by atoms with Gasteiger partial charge < -0.3 is 24.0 Å². The van der Waals surface area contributed by atoms with Crippen LogP contribution in [-0.4, -0.2) is 43.3 Å². The van der Waals surface area contributed by atoms with Crippen LogP contribution < -0.4 is 19.1 Å². The summed E-state index contributed by atoms with van der Waals surface area (Å²) in [7, 11) is 0. The zero-order valence-corrected chi connectivity index (χ0v) is 17.1. The fourth-order valence-electron chi connectivity index (χ4n) is 3.94. The highest BCUT2D eigenvalue weighted by atomic mass is 16.7. The first-order valence-corrected chi connectivity index (χ1v) is 10.3. The first-order valence-electron chi connectivity index (χ1n) is 10.3. The summed E-state index contributed by atoms with van der Waals surface area (Å²) < 4.78 is 16.5. The fraction of sp³-hybridized carbons (Fsp3) is 0.435. The van der Waals surface area contributed by atoms with E-state index in [2.05, 4.69) is 24.0 Å². The summed E-state index contributed by atoms with van der Waals surface area (Å²) in [6.45, 7) is 7.09. The molecule has 1 saturated heterocycles. The van der Waals surface area contributed by atoms with Crippen molar-refractivity contribution < 1.29 is 19.0 Å². The molecule has 1 fully saturated rings. The molecule has 2 aliphatic rings. The first-order chi connectivity index (χ1) is 14.1. The van der Waals surface area contributed by atoms with Gasteiger partial charge in [0.2, 0.25) is 12.7 Å². The van der Waals surface area contributed by atoms with Gasteiger partial charge in [0.05, 0.1) is 12.6 Å². The maximum atomic E-state index is 12.4. The van der Waals surface area contributed by atoms with Crippen molar-refractivity contribution in [1.82, 2.24) is 4.90 Å². The summed E-state index contributed by atoms with van der Waals surface area (Å²) in [4.78, 5) is 16.7. The van der Waals surface area contributed by atoms with E-state index in [-0.39, 0.29) is 18.7 Å². The molecule has 0 saturated carbocycles. The van der Waals surface area contributed by atoms with Crippen LogP contribution in [0.4, 0.5) is 5.69 Å². The van der Waals surface area contributed by atoms with E-state index in [0.29, 0.717) is 6.54 Å². The Morgan fingerprint density at radius 2 is 1.97 bits per heavy atom. The average molecular weight is 396 g/mol. The summed E-state index contributed by atoms with van der Waals surface area (Å²) in [6.07, 6.45) is 1.96. The maximum absolute atomic E-state index is 12.4. The van der Waals surface area contributed by atoms with Crippen LogP contribution in [0.3, 0.4) is 0 Å². The standard InChI is InChI=1S/C23H28N2O4/c1-3-12-27-21-7-5-19(6-8-21)24-11-10-20(15-24)25(17(2)26)14-18-4-9-22-23(13-18)29-16-28-22/h4-9,13,20H,3,10-12,14-16H2,1-2H3/t20-/m0/s1. The number of fused-ring (bicyclic) bond motifs is 1. The van der Waals surface area contributed by atoms with Gasteiger partial charge in [-0.15, -0.1) is 0 Å². The smallest absolute Gasteiger partial charge is 0.231 e. The molecule has 2 heterocycles. The van der Waals surface area contributed by atoms with Crippen LogP contribution in [0.25, 0.3) is 0 Å². The molecule has 0 radical (unpaired) electrons. The Morgan fingerprint density at radius 3 is 2.72 bits per heavy atom. The molecule has 4 rings (SSSR count). The van der Waals surface area contributed by atoms with Crippen LogP contribution >= 0.6 is 0 Å². The van der Waals surface area contributed by atoms with Crippen LogP contribution in [0.2, 0.25) is 0 Å². The molecule has 2 aliphatic heterocycles. The molecule has 0 N–H and O–H groups in total. The molecule has 0 spiro atoms. The Kier molecular flexibility index (Phi) is 5.79. The highest BCUT2D eigenvalue weighted by Gasteiger charge is 2.30. The lowest BCUT2D eigenvalue weighted by atomic mass is 10.1. The van der Waals surface area contributed by atoms with Gasteiger partial charge in [0.25, 0.3) is 0 Å². The van der Waals surface area contributed by atoms with Crippen LogP contribution in [0.5, 0.6) is 17.2 Å². The minimum Gasteiger partial charge on any atom is -0.494 e. The Bertz CT molecular complexity index is 852. The zero-order chi connectivity index (χ0) is 20.2. The minimum absolute atomic E-state index is 0.0952. The van der Waals surface area contributed by atoms with Crippen molar-refractivity contribution in [1.29, 1.82) is 0 Å². The Hall–Kier alpha value is -2.89. The molecule has 154 valence electrons. The summed E-state index contributed by atoms with van der Waals surface area (Å²) >= 11 is 0. The number of ether oxygens (including phenoxy) is 3. The predicted octanol–water partition coefficient (Wildman–Crippen LogP) is 3.83. The largest absolute Gasteiger partial charge is 0.494 e. The van der Waals surface area contributed by atoms with Crippen LogP contribution in [-0.2, 0) is 11.3 Å². The molecule has 6 nitrogen and oxygen atoms in total. The molecule has 1 atom stereocenters. The second kappa shape index (κ2) is 8.64. The summed E-state index contributed by atoms with van der Waals surface area (Å²) in [5.74, 6) is 2.52. The predicted molar refractivity (Wildman–Crippen MR) is 112 cm³/mol. The van der Waals surface area contributed by atoms with E-state index in [0.717, 1.165) is 55.4 Å². The number of carbonyl (C=O) groups is 1. The number of hydrogen-bond donors (Lipinski definition) is 0. The van der Waals surface area contributed by atoms with E-state index >= 15 is 0 Å². The van der Waals surface area contributed by atoms with Gasteiger partial charge in [-0.3, -0.25) is 4.79 Å². The second-order valence-electron chi connectivity index (χ2n) is 7.57. The number of anilines is 1. The van der Waals surface area contributed by atoms with E-state index in [1.807, 2.05) is 35.2 Å². The molecule has 2 aromatic carbocycles. The van der Waals surface area contributed by atoms with Crippen LogP contribution in [0, 0.1) is 0 Å². The zero-order valence-electron chi connectivity index (χ0n) is 17.1. The normalized spacial score (nSPS) is 17.4. The highest BCUT2D eigenvalue weighted by molar-refractivity contribution is 5.74. The SMILES string of the molecule is CCCOc1ccc(N2CC[C@H](N(Cc3ccc4c(c3)OCO4)C(C)=O)C2)cc1. The van der Waals surface area contributed by atoms with E-state index in [1.165, 1.54) is 5.69 Å². The molecule has 6 heteroatoms. The summed E-state index contributed by atoms with van der Waals surface area (Å²) in [5.41, 5.74) is 2.23. The Labute approximate surface area is 172 Å². The second-order valence-corrected chi connectivity index (χ2v) is 7.57. The van der Waals surface area contributed by atoms with Crippen LogP contribution in [0.15, 0.2) is 42.5 Å². The summed E-state index contributed by atoms with van der Waals surface area (Å²) in [6, 6.07) is 14.3. The number of hydrogen-bond acceptors (Lipinski definition) is 5. The van der Waals surface area contributed by atoms with Gasteiger partial charge in [-0.2, -0.15) is 0 Å². The third kappa shape index (κ3) is 4.42. The number of benzene rings is 2. The molecular weight excluding hydrogens is 368 g/mol. The Morgan fingerprint density at radius 1 is 1.17 bits per heavy atom. The minimum atomic E-state index is 0.0952. The maximum Gasteiger partial charge on any atom is 0.231 e. The fourth-order valence-corrected chi connectivity index (χ4v) is 3.94. The van der Waals surface area contributed by atoms with Crippen molar-refractivity contribution in [2.45, 2.75) is 39.3 Å². The topological polar surface area (TPSA) is 51.2 Å². The van der Waals surface area contributed by atoms with Gasteiger partial charge in [0.15, 0.2) is 11.5 Å². The van der Waals surface area contributed by atoms with Crippen molar-refractivity contribution in [3.63, 3.8) is 0 Å². The molecule has 0 aliphatic carbocycles. The number of carbonyl (C=O) groups excluding carboxylic acids is 1. The number of rotatable bonds is 7. The van der Waals surface area contributed by atoms with Gasteiger partial charge in [-0.1, -0.05) is 13.0 Å².